The fourth-order valence-corrected chi connectivity index (χ4v) is 4.20. The Morgan fingerprint density at radius 3 is 2.32 bits per heavy atom. The number of halogens is 6. The van der Waals surface area contributed by atoms with Gasteiger partial charge in [0.1, 0.15) is 5.82 Å². The molecule has 0 spiro atoms. The molecule has 0 radical (unpaired) electrons. The van der Waals surface area contributed by atoms with Crippen LogP contribution >= 0.6 is 0 Å². The van der Waals surface area contributed by atoms with Crippen molar-refractivity contribution in [2.24, 2.45) is 11.8 Å². The summed E-state index contributed by atoms with van der Waals surface area (Å²) in [5.41, 5.74) is -2.99. The third-order valence-corrected chi connectivity index (χ3v) is 5.84. The first kappa shape index (κ1) is 23.2. The molecule has 1 aliphatic carbocycles. The van der Waals surface area contributed by atoms with Gasteiger partial charge in [0.15, 0.2) is 0 Å². The summed E-state index contributed by atoms with van der Waals surface area (Å²) in [4.78, 5) is 25.2. The maximum Gasteiger partial charge on any atom is 0.416 e. The van der Waals surface area contributed by atoms with Crippen molar-refractivity contribution in [2.75, 3.05) is 20.2 Å². The molecule has 0 bridgehead atoms. The Balaban J connectivity index is 1.52. The monoisotopic (exact) mass is 452 g/mol. The summed E-state index contributed by atoms with van der Waals surface area (Å²) in [5, 5.41) is 2.64. The van der Waals surface area contributed by atoms with Gasteiger partial charge in [0.25, 0.3) is 5.92 Å². The summed E-state index contributed by atoms with van der Waals surface area (Å²) in [7, 11) is 1.23. The van der Waals surface area contributed by atoms with E-state index in [1.54, 1.807) is 6.92 Å². The molecule has 1 heterocycles. The molecule has 1 N–H and O–H groups in total. The van der Waals surface area contributed by atoms with Gasteiger partial charge in [0, 0.05) is 36.9 Å². The van der Waals surface area contributed by atoms with Crippen LogP contribution in [-0.2, 0) is 21.6 Å². The standard InChI is InChI=1S/C20H22F6N2O3/c1-18(27-17(30)31-2)7-12(8-18)16(29)28-9-11(10-28)6-19(22,23)14-4-3-13(5-15(14)21)20(24,25)26/h3-5,11-12H,6-10H2,1-2H3,(H,27,30). The SMILES string of the molecule is COC(=O)NC1(C)CC(C(=O)N2CC(CC(F)(F)c3ccc(C(F)(F)F)cc3F)C2)C1. The Labute approximate surface area is 174 Å². The van der Waals surface area contributed by atoms with E-state index >= 15 is 0 Å². The highest BCUT2D eigenvalue weighted by Gasteiger charge is 2.49. The van der Waals surface area contributed by atoms with Crippen molar-refractivity contribution in [3.63, 3.8) is 0 Å². The van der Waals surface area contributed by atoms with E-state index in [9.17, 15) is 35.9 Å². The van der Waals surface area contributed by atoms with Crippen molar-refractivity contribution in [1.29, 1.82) is 0 Å². The zero-order valence-electron chi connectivity index (χ0n) is 16.9. The number of ether oxygens (including phenoxy) is 1. The molecular weight excluding hydrogens is 430 g/mol. The molecule has 1 saturated heterocycles. The molecule has 31 heavy (non-hydrogen) atoms. The van der Waals surface area contributed by atoms with Gasteiger partial charge in [-0.3, -0.25) is 4.79 Å². The van der Waals surface area contributed by atoms with Crippen LogP contribution in [0.5, 0.6) is 0 Å². The Kier molecular flexibility index (Phi) is 5.92. The predicted molar refractivity (Wildman–Crippen MR) is 96.7 cm³/mol. The lowest BCUT2D eigenvalue weighted by Gasteiger charge is -2.49. The zero-order valence-corrected chi connectivity index (χ0v) is 16.9. The fourth-order valence-electron chi connectivity index (χ4n) is 4.20. The number of carbonyl (C=O) groups excluding carboxylic acids is 2. The predicted octanol–water partition coefficient (Wildman–Crippen LogP) is 4.31. The normalized spacial score (nSPS) is 24.3. The van der Waals surface area contributed by atoms with Gasteiger partial charge >= 0.3 is 12.3 Å². The number of carbonyl (C=O) groups is 2. The Hall–Kier alpha value is -2.46. The first-order valence-electron chi connectivity index (χ1n) is 9.64. The van der Waals surface area contributed by atoms with Crippen molar-refractivity contribution >= 4 is 12.0 Å². The van der Waals surface area contributed by atoms with Crippen LogP contribution in [0.2, 0.25) is 0 Å². The highest BCUT2D eigenvalue weighted by molar-refractivity contribution is 5.81. The minimum atomic E-state index is -4.83. The van der Waals surface area contributed by atoms with Crippen molar-refractivity contribution < 1.29 is 40.7 Å². The molecular formula is C20H22F6N2O3. The van der Waals surface area contributed by atoms with E-state index in [0.717, 1.165) is 0 Å². The molecule has 1 aliphatic heterocycles. The van der Waals surface area contributed by atoms with Crippen LogP contribution in [0.15, 0.2) is 18.2 Å². The number of methoxy groups -OCH3 is 1. The van der Waals surface area contributed by atoms with E-state index in [0.29, 0.717) is 25.0 Å². The molecule has 0 atom stereocenters. The van der Waals surface area contributed by atoms with Crippen LogP contribution in [0.25, 0.3) is 0 Å². The highest BCUT2D eigenvalue weighted by atomic mass is 19.4. The minimum Gasteiger partial charge on any atom is -0.453 e. The van der Waals surface area contributed by atoms with Gasteiger partial charge in [-0.1, -0.05) is 0 Å². The Bertz CT molecular complexity index is 861. The molecule has 3 rings (SSSR count). The van der Waals surface area contributed by atoms with Crippen LogP contribution in [0, 0.1) is 17.7 Å². The summed E-state index contributed by atoms with van der Waals surface area (Å²) in [6.45, 7) is 1.90. The molecule has 11 heteroatoms. The smallest absolute Gasteiger partial charge is 0.416 e. The second kappa shape index (κ2) is 7.90. The average Bonchev–Trinajstić information content (AvgIpc) is 2.60. The van der Waals surface area contributed by atoms with Crippen molar-refractivity contribution in [1.82, 2.24) is 10.2 Å². The molecule has 2 fully saturated rings. The Morgan fingerprint density at radius 1 is 1.19 bits per heavy atom. The molecule has 0 unspecified atom stereocenters. The van der Waals surface area contributed by atoms with Gasteiger partial charge < -0.3 is 15.0 Å². The minimum absolute atomic E-state index is 0.0638. The van der Waals surface area contributed by atoms with E-state index in [-0.39, 0.29) is 31.0 Å². The molecule has 1 saturated carbocycles. The van der Waals surface area contributed by atoms with Crippen molar-refractivity contribution in [3.05, 3.63) is 35.1 Å². The van der Waals surface area contributed by atoms with Crippen LogP contribution in [0.4, 0.5) is 31.1 Å². The molecule has 1 aromatic carbocycles. The second-order valence-corrected chi connectivity index (χ2v) is 8.49. The first-order chi connectivity index (χ1) is 14.2. The maximum atomic E-state index is 14.5. The molecule has 2 amide bonds. The number of benzene rings is 1. The second-order valence-electron chi connectivity index (χ2n) is 8.49. The summed E-state index contributed by atoms with van der Waals surface area (Å²) in [6, 6.07) is 0.956. The number of alkyl carbamates (subject to hydrolysis) is 1. The van der Waals surface area contributed by atoms with Crippen molar-refractivity contribution in [3.8, 4) is 0 Å². The van der Waals surface area contributed by atoms with E-state index in [4.69, 9.17) is 0 Å². The number of hydrogen-bond acceptors (Lipinski definition) is 3. The van der Waals surface area contributed by atoms with Gasteiger partial charge in [-0.05, 0) is 38.0 Å². The van der Waals surface area contributed by atoms with Gasteiger partial charge in [-0.15, -0.1) is 0 Å². The maximum absolute atomic E-state index is 14.5. The summed E-state index contributed by atoms with van der Waals surface area (Å²) < 4.78 is 85.2. The molecule has 5 nitrogen and oxygen atoms in total. The van der Waals surface area contributed by atoms with Gasteiger partial charge in [-0.25, -0.2) is 18.0 Å². The number of hydrogen-bond donors (Lipinski definition) is 1. The fraction of sp³-hybridized carbons (Fsp3) is 0.600. The lowest BCUT2D eigenvalue weighted by molar-refractivity contribution is -0.150. The van der Waals surface area contributed by atoms with E-state index in [2.05, 4.69) is 10.1 Å². The number of likely N-dealkylation sites (tertiary alicyclic amines) is 1. The number of amides is 2. The van der Waals surface area contributed by atoms with Crippen LogP contribution in [0.1, 0.15) is 37.3 Å². The molecule has 0 aromatic heterocycles. The van der Waals surface area contributed by atoms with E-state index in [1.165, 1.54) is 12.0 Å². The molecule has 1 aromatic rings. The third kappa shape index (κ3) is 4.90. The summed E-state index contributed by atoms with van der Waals surface area (Å²) in [6.07, 6.45) is -5.40. The average molecular weight is 452 g/mol. The number of rotatable bonds is 5. The van der Waals surface area contributed by atoms with Gasteiger partial charge in [0.2, 0.25) is 5.91 Å². The third-order valence-electron chi connectivity index (χ3n) is 5.84. The molecule has 172 valence electrons. The largest absolute Gasteiger partial charge is 0.453 e. The van der Waals surface area contributed by atoms with Gasteiger partial charge in [-0.2, -0.15) is 13.2 Å². The lowest BCUT2D eigenvalue weighted by Crippen LogP contribution is -2.61. The quantitative estimate of drug-likeness (QED) is 0.678. The topological polar surface area (TPSA) is 58.6 Å². The van der Waals surface area contributed by atoms with E-state index < -0.39 is 53.0 Å². The number of nitrogens with zero attached hydrogens (tertiary/aromatic N) is 1. The van der Waals surface area contributed by atoms with Crippen LogP contribution in [-0.4, -0.2) is 42.6 Å². The highest BCUT2D eigenvalue weighted by Crippen LogP contribution is 2.43. The Morgan fingerprint density at radius 2 is 1.81 bits per heavy atom. The molecule has 2 aliphatic rings. The van der Waals surface area contributed by atoms with E-state index in [1.807, 2.05) is 0 Å². The number of nitrogens with one attached hydrogen (secondary N) is 1. The first-order valence-corrected chi connectivity index (χ1v) is 9.64. The zero-order chi connectivity index (χ0) is 23.2. The lowest BCUT2D eigenvalue weighted by atomic mass is 9.68. The van der Waals surface area contributed by atoms with Crippen LogP contribution in [0.3, 0.4) is 0 Å². The summed E-state index contributed by atoms with van der Waals surface area (Å²) >= 11 is 0. The van der Waals surface area contributed by atoms with Gasteiger partial charge in [0.05, 0.1) is 18.2 Å². The number of alkyl halides is 5. The summed E-state index contributed by atoms with van der Waals surface area (Å²) in [5.74, 6) is -6.41. The van der Waals surface area contributed by atoms with Crippen molar-refractivity contribution in [2.45, 2.75) is 43.8 Å². The van der Waals surface area contributed by atoms with Crippen LogP contribution < -0.4 is 5.32 Å².